The third-order valence-corrected chi connectivity index (χ3v) is 3.59. The van der Waals surface area contributed by atoms with Crippen molar-refractivity contribution in [3.05, 3.63) is 23.8 Å². The van der Waals surface area contributed by atoms with Crippen LogP contribution in [-0.2, 0) is 11.3 Å². The maximum absolute atomic E-state index is 9.34. The number of hydrogen-bond donors (Lipinski definition) is 2. The Balaban J connectivity index is 1.55. The molecular weight excluding hydrogens is 246 g/mol. The van der Waals surface area contributed by atoms with Crippen molar-refractivity contribution in [1.29, 1.82) is 0 Å². The van der Waals surface area contributed by atoms with Crippen molar-refractivity contribution >= 4 is 0 Å². The molecule has 2 aliphatic heterocycles. The highest BCUT2D eigenvalue weighted by Crippen LogP contribution is 2.31. The highest BCUT2D eigenvalue weighted by molar-refractivity contribution is 5.43. The van der Waals surface area contributed by atoms with Gasteiger partial charge in [-0.1, -0.05) is 6.07 Å². The zero-order valence-electron chi connectivity index (χ0n) is 10.9. The summed E-state index contributed by atoms with van der Waals surface area (Å²) in [6, 6.07) is 5.98. The normalized spacial score (nSPS) is 19.8. The fourth-order valence-corrected chi connectivity index (χ4v) is 2.31. The molecule has 0 bridgehead atoms. The minimum Gasteiger partial charge on any atom is -0.486 e. The summed E-state index contributed by atoms with van der Waals surface area (Å²) in [5.74, 6) is 1.63. The molecule has 5 heteroatoms. The maximum atomic E-state index is 9.34. The van der Waals surface area contributed by atoms with E-state index in [2.05, 4.69) is 5.32 Å². The van der Waals surface area contributed by atoms with Crippen LogP contribution in [0.3, 0.4) is 0 Å². The van der Waals surface area contributed by atoms with E-state index in [1.54, 1.807) is 0 Å². The summed E-state index contributed by atoms with van der Waals surface area (Å²) < 4.78 is 16.2. The molecule has 1 aromatic carbocycles. The van der Waals surface area contributed by atoms with Gasteiger partial charge in [-0.2, -0.15) is 0 Å². The summed E-state index contributed by atoms with van der Waals surface area (Å²) in [5, 5.41) is 12.7. The monoisotopic (exact) mass is 265 g/mol. The van der Waals surface area contributed by atoms with Gasteiger partial charge in [-0.3, -0.25) is 0 Å². The van der Waals surface area contributed by atoms with E-state index in [1.807, 2.05) is 18.2 Å². The van der Waals surface area contributed by atoms with Crippen molar-refractivity contribution in [1.82, 2.24) is 5.32 Å². The second-order valence-electron chi connectivity index (χ2n) is 5.23. The maximum Gasteiger partial charge on any atom is 0.161 e. The van der Waals surface area contributed by atoms with Crippen molar-refractivity contribution in [3.63, 3.8) is 0 Å². The van der Waals surface area contributed by atoms with Crippen LogP contribution >= 0.6 is 0 Å². The van der Waals surface area contributed by atoms with Crippen LogP contribution in [0.1, 0.15) is 5.56 Å². The highest BCUT2D eigenvalue weighted by Gasteiger charge is 2.37. The molecule has 0 spiro atoms. The summed E-state index contributed by atoms with van der Waals surface area (Å²) in [6.45, 7) is 4.17. The molecule has 2 aliphatic rings. The average Bonchev–Trinajstić information content (AvgIpc) is 2.42. The van der Waals surface area contributed by atoms with Crippen molar-refractivity contribution in [2.24, 2.45) is 5.41 Å². The third-order valence-electron chi connectivity index (χ3n) is 3.59. The molecule has 0 aromatic heterocycles. The van der Waals surface area contributed by atoms with E-state index >= 15 is 0 Å². The average molecular weight is 265 g/mol. The zero-order chi connectivity index (χ0) is 13.1. The molecule has 0 radical (unpaired) electrons. The SMILES string of the molecule is OCC1(CNCc2ccc3c(c2)OCCO3)COC1. The number of nitrogens with one attached hydrogen (secondary N) is 1. The Kier molecular flexibility index (Phi) is 3.59. The number of aliphatic hydroxyl groups is 1. The van der Waals surface area contributed by atoms with Gasteiger partial charge in [0.15, 0.2) is 11.5 Å². The minimum atomic E-state index is -0.0895. The van der Waals surface area contributed by atoms with Gasteiger partial charge in [-0.05, 0) is 17.7 Å². The van der Waals surface area contributed by atoms with Crippen LogP contribution in [0.4, 0.5) is 0 Å². The molecule has 2 N–H and O–H groups in total. The van der Waals surface area contributed by atoms with Gasteiger partial charge in [0.05, 0.1) is 25.2 Å². The topological polar surface area (TPSA) is 60.0 Å². The number of ether oxygens (including phenoxy) is 3. The first-order chi connectivity index (χ1) is 9.31. The summed E-state index contributed by atoms with van der Waals surface area (Å²) >= 11 is 0. The van der Waals surface area contributed by atoms with Gasteiger partial charge in [0.25, 0.3) is 0 Å². The lowest BCUT2D eigenvalue weighted by Gasteiger charge is -2.40. The predicted molar refractivity (Wildman–Crippen MR) is 69.5 cm³/mol. The van der Waals surface area contributed by atoms with E-state index in [-0.39, 0.29) is 12.0 Å². The molecule has 5 nitrogen and oxygen atoms in total. The molecule has 1 saturated heterocycles. The van der Waals surface area contributed by atoms with Gasteiger partial charge < -0.3 is 24.6 Å². The van der Waals surface area contributed by atoms with Crippen molar-refractivity contribution < 1.29 is 19.3 Å². The fourth-order valence-electron chi connectivity index (χ4n) is 2.31. The second kappa shape index (κ2) is 5.36. The highest BCUT2D eigenvalue weighted by atomic mass is 16.6. The van der Waals surface area contributed by atoms with Crippen LogP contribution < -0.4 is 14.8 Å². The van der Waals surface area contributed by atoms with Crippen LogP contribution in [-0.4, -0.2) is 44.7 Å². The number of fused-ring (bicyclic) bond motifs is 1. The Morgan fingerprint density at radius 1 is 1.16 bits per heavy atom. The number of hydrogen-bond acceptors (Lipinski definition) is 5. The summed E-state index contributed by atoms with van der Waals surface area (Å²) in [6.07, 6.45) is 0. The van der Waals surface area contributed by atoms with Gasteiger partial charge >= 0.3 is 0 Å². The minimum absolute atomic E-state index is 0.0895. The van der Waals surface area contributed by atoms with E-state index in [4.69, 9.17) is 14.2 Å². The number of aliphatic hydroxyl groups excluding tert-OH is 1. The van der Waals surface area contributed by atoms with Gasteiger partial charge in [0.1, 0.15) is 13.2 Å². The Morgan fingerprint density at radius 3 is 2.63 bits per heavy atom. The first kappa shape index (κ1) is 12.7. The Labute approximate surface area is 112 Å². The Morgan fingerprint density at radius 2 is 1.95 bits per heavy atom. The van der Waals surface area contributed by atoms with E-state index < -0.39 is 0 Å². The fraction of sp³-hybridized carbons (Fsp3) is 0.571. The lowest BCUT2D eigenvalue weighted by Crippen LogP contribution is -2.52. The van der Waals surface area contributed by atoms with Gasteiger partial charge in [0.2, 0.25) is 0 Å². The molecule has 0 unspecified atom stereocenters. The summed E-state index contributed by atoms with van der Waals surface area (Å²) in [7, 11) is 0. The van der Waals surface area contributed by atoms with Gasteiger partial charge in [-0.25, -0.2) is 0 Å². The van der Waals surface area contributed by atoms with Crippen molar-refractivity contribution in [3.8, 4) is 11.5 Å². The van der Waals surface area contributed by atoms with E-state index in [0.717, 1.165) is 30.2 Å². The van der Waals surface area contributed by atoms with Crippen LogP contribution in [0.15, 0.2) is 18.2 Å². The van der Waals surface area contributed by atoms with Crippen molar-refractivity contribution in [2.75, 3.05) is 39.6 Å². The zero-order valence-corrected chi connectivity index (χ0v) is 10.9. The lowest BCUT2D eigenvalue weighted by atomic mass is 9.87. The van der Waals surface area contributed by atoms with Gasteiger partial charge in [-0.15, -0.1) is 0 Å². The first-order valence-corrected chi connectivity index (χ1v) is 6.59. The quantitative estimate of drug-likeness (QED) is 0.814. The van der Waals surface area contributed by atoms with Crippen LogP contribution in [0, 0.1) is 5.41 Å². The van der Waals surface area contributed by atoms with E-state index in [0.29, 0.717) is 26.4 Å². The third kappa shape index (κ3) is 2.68. The lowest BCUT2D eigenvalue weighted by molar-refractivity contribution is -0.134. The molecule has 19 heavy (non-hydrogen) atoms. The number of rotatable bonds is 5. The van der Waals surface area contributed by atoms with Crippen molar-refractivity contribution in [2.45, 2.75) is 6.54 Å². The van der Waals surface area contributed by atoms with Gasteiger partial charge in [0, 0.05) is 13.1 Å². The number of benzene rings is 1. The second-order valence-corrected chi connectivity index (χ2v) is 5.23. The van der Waals surface area contributed by atoms with E-state index in [9.17, 15) is 5.11 Å². The van der Waals surface area contributed by atoms with Crippen LogP contribution in [0.2, 0.25) is 0 Å². The molecule has 0 amide bonds. The summed E-state index contributed by atoms with van der Waals surface area (Å²) in [4.78, 5) is 0. The molecular formula is C14H19NO4. The standard InChI is InChI=1S/C14H19NO4/c16-8-14(9-17-10-14)7-15-6-11-1-2-12-13(5-11)19-4-3-18-12/h1-2,5,15-16H,3-4,6-10H2. The smallest absolute Gasteiger partial charge is 0.161 e. The molecule has 0 aliphatic carbocycles. The van der Waals surface area contributed by atoms with E-state index in [1.165, 1.54) is 0 Å². The molecule has 1 aromatic rings. The largest absolute Gasteiger partial charge is 0.486 e. The molecule has 3 rings (SSSR count). The molecule has 0 atom stereocenters. The molecule has 104 valence electrons. The molecule has 1 fully saturated rings. The Hall–Kier alpha value is -1.30. The predicted octanol–water partition coefficient (Wildman–Crippen LogP) is 0.556. The van der Waals surface area contributed by atoms with Crippen LogP contribution in [0.5, 0.6) is 11.5 Å². The summed E-state index contributed by atoms with van der Waals surface area (Å²) in [5.41, 5.74) is 1.06. The first-order valence-electron chi connectivity index (χ1n) is 6.59. The van der Waals surface area contributed by atoms with Crippen LogP contribution in [0.25, 0.3) is 0 Å². The molecule has 2 heterocycles. The Bertz CT molecular complexity index is 440. The molecule has 0 saturated carbocycles.